The van der Waals surface area contributed by atoms with Gasteiger partial charge in [-0.25, -0.2) is 8.42 Å². The van der Waals surface area contributed by atoms with E-state index in [1.807, 2.05) is 0 Å². The summed E-state index contributed by atoms with van der Waals surface area (Å²) in [5.41, 5.74) is 0.0874. The van der Waals surface area contributed by atoms with Gasteiger partial charge >= 0.3 is 0 Å². The first-order valence-electron chi connectivity index (χ1n) is 6.92. The van der Waals surface area contributed by atoms with Crippen molar-refractivity contribution < 1.29 is 8.42 Å². The van der Waals surface area contributed by atoms with Gasteiger partial charge in [0.2, 0.25) is 0 Å². The molecule has 0 aromatic rings. The van der Waals surface area contributed by atoms with Gasteiger partial charge in [0.15, 0.2) is 9.84 Å². The van der Waals surface area contributed by atoms with E-state index in [9.17, 15) is 8.42 Å². The predicted molar refractivity (Wildman–Crippen MR) is 79.6 cm³/mol. The minimum Gasteiger partial charge on any atom is -0.312 e. The summed E-state index contributed by atoms with van der Waals surface area (Å²) in [5, 5.41) is 3.21. The van der Waals surface area contributed by atoms with Gasteiger partial charge in [-0.2, -0.15) is 0 Å². The number of nitrogens with one attached hydrogen (secondary N) is 1. The Morgan fingerprint density at radius 3 is 1.89 bits per heavy atom. The Kier molecular flexibility index (Phi) is 6.86. The zero-order valence-electron chi connectivity index (χ0n) is 13.1. The number of rotatable bonds is 7. The van der Waals surface area contributed by atoms with Crippen LogP contribution in [0.2, 0.25) is 0 Å². The third-order valence-corrected chi connectivity index (χ3v) is 5.57. The van der Waals surface area contributed by atoms with E-state index in [-0.39, 0.29) is 10.8 Å². The van der Waals surface area contributed by atoms with Crippen molar-refractivity contribution in [3.8, 4) is 0 Å². The normalized spacial score (nSPS) is 15.4. The summed E-state index contributed by atoms with van der Waals surface area (Å²) in [6.45, 7) is 15.1. The molecule has 0 aliphatic carbocycles. The molecular weight excluding hydrogens is 246 g/mol. The first kappa shape index (κ1) is 17.9. The Morgan fingerprint density at radius 1 is 1.06 bits per heavy atom. The van der Waals surface area contributed by atoms with Crippen molar-refractivity contribution in [2.24, 2.45) is 11.8 Å². The number of sulfone groups is 1. The van der Waals surface area contributed by atoms with E-state index in [2.05, 4.69) is 39.9 Å². The second kappa shape index (κ2) is 6.90. The largest absolute Gasteiger partial charge is 0.312 e. The van der Waals surface area contributed by atoms with Crippen LogP contribution in [0.5, 0.6) is 0 Å². The Balaban J connectivity index is 4.39. The predicted octanol–water partition coefficient (Wildman–Crippen LogP) is 2.86. The van der Waals surface area contributed by atoms with Crippen molar-refractivity contribution >= 4 is 9.84 Å². The smallest absolute Gasteiger partial charge is 0.152 e. The summed E-state index contributed by atoms with van der Waals surface area (Å²) in [5.74, 6) is 1.22. The highest BCUT2D eigenvalue weighted by Crippen LogP contribution is 2.18. The first-order valence-corrected chi connectivity index (χ1v) is 8.64. The van der Waals surface area contributed by atoms with Crippen molar-refractivity contribution in [2.75, 3.05) is 12.3 Å². The van der Waals surface area contributed by atoms with Gasteiger partial charge in [0.25, 0.3) is 0 Å². The van der Waals surface area contributed by atoms with Crippen LogP contribution in [0.3, 0.4) is 0 Å². The molecule has 0 saturated carbocycles. The maximum atomic E-state index is 11.8. The SMILES string of the molecule is CC(C)C(CCS(=O)(=O)C(C)C)CNC(C)(C)C. The standard InChI is InChI=1S/C14H31NO2S/c1-11(2)13(10-15-14(5,6)7)8-9-18(16,17)12(3)4/h11-13,15H,8-10H2,1-7H3. The molecule has 1 atom stereocenters. The Bertz CT molecular complexity index is 326. The van der Waals surface area contributed by atoms with Crippen LogP contribution in [0, 0.1) is 11.8 Å². The van der Waals surface area contributed by atoms with E-state index >= 15 is 0 Å². The topological polar surface area (TPSA) is 46.2 Å². The van der Waals surface area contributed by atoms with Crippen LogP contribution in [0.15, 0.2) is 0 Å². The van der Waals surface area contributed by atoms with Gasteiger partial charge in [0.05, 0.1) is 11.0 Å². The molecule has 0 saturated heterocycles. The van der Waals surface area contributed by atoms with E-state index in [4.69, 9.17) is 0 Å². The summed E-state index contributed by atoms with van der Waals surface area (Å²) in [4.78, 5) is 0. The van der Waals surface area contributed by atoms with Gasteiger partial charge < -0.3 is 5.32 Å². The number of hydrogen-bond acceptors (Lipinski definition) is 3. The maximum Gasteiger partial charge on any atom is 0.152 e. The molecular formula is C14H31NO2S. The minimum atomic E-state index is -2.91. The highest BCUT2D eigenvalue weighted by atomic mass is 32.2. The molecule has 0 bridgehead atoms. The quantitative estimate of drug-likeness (QED) is 0.778. The molecule has 110 valence electrons. The monoisotopic (exact) mass is 277 g/mol. The average Bonchev–Trinajstić information content (AvgIpc) is 2.14. The van der Waals surface area contributed by atoms with Gasteiger partial charge in [0.1, 0.15) is 0 Å². The van der Waals surface area contributed by atoms with Gasteiger partial charge in [-0.15, -0.1) is 0 Å². The molecule has 1 unspecified atom stereocenters. The van der Waals surface area contributed by atoms with Crippen molar-refractivity contribution in [3.63, 3.8) is 0 Å². The zero-order valence-corrected chi connectivity index (χ0v) is 13.9. The van der Waals surface area contributed by atoms with Crippen LogP contribution in [0.4, 0.5) is 0 Å². The van der Waals surface area contributed by atoms with Crippen LogP contribution in [0.25, 0.3) is 0 Å². The van der Waals surface area contributed by atoms with Crippen LogP contribution in [-0.2, 0) is 9.84 Å². The molecule has 3 nitrogen and oxygen atoms in total. The molecule has 0 rings (SSSR count). The molecule has 0 aromatic heterocycles. The lowest BCUT2D eigenvalue weighted by Crippen LogP contribution is -2.40. The third kappa shape index (κ3) is 7.37. The second-order valence-corrected chi connectivity index (χ2v) is 9.52. The van der Waals surface area contributed by atoms with Crippen molar-refractivity contribution in [3.05, 3.63) is 0 Å². The Morgan fingerprint density at radius 2 is 1.56 bits per heavy atom. The summed E-state index contributed by atoms with van der Waals surface area (Å²) < 4.78 is 23.7. The minimum absolute atomic E-state index is 0.0874. The van der Waals surface area contributed by atoms with Crippen LogP contribution < -0.4 is 5.32 Å². The van der Waals surface area contributed by atoms with E-state index < -0.39 is 9.84 Å². The summed E-state index contributed by atoms with van der Waals surface area (Å²) >= 11 is 0. The summed E-state index contributed by atoms with van der Waals surface area (Å²) in [6.07, 6.45) is 0.751. The van der Waals surface area contributed by atoms with Gasteiger partial charge in [-0.1, -0.05) is 13.8 Å². The lowest BCUT2D eigenvalue weighted by atomic mass is 9.92. The van der Waals surface area contributed by atoms with E-state index in [0.29, 0.717) is 17.6 Å². The molecule has 0 amide bonds. The maximum absolute atomic E-state index is 11.8. The molecule has 1 N–H and O–H groups in total. The van der Waals surface area contributed by atoms with Crippen LogP contribution in [-0.4, -0.2) is 31.5 Å². The van der Waals surface area contributed by atoms with E-state index in [1.54, 1.807) is 13.8 Å². The second-order valence-electron chi connectivity index (χ2n) is 6.84. The molecule has 0 aromatic carbocycles. The summed E-state index contributed by atoms with van der Waals surface area (Å²) in [6, 6.07) is 0. The van der Waals surface area contributed by atoms with Gasteiger partial charge in [-0.05, 0) is 59.4 Å². The van der Waals surface area contributed by atoms with Crippen molar-refractivity contribution in [1.82, 2.24) is 5.32 Å². The Labute approximate surface area is 114 Å². The van der Waals surface area contributed by atoms with E-state index in [0.717, 1.165) is 13.0 Å². The molecule has 4 heteroatoms. The van der Waals surface area contributed by atoms with Crippen LogP contribution >= 0.6 is 0 Å². The fourth-order valence-corrected chi connectivity index (χ4v) is 2.76. The molecule has 0 heterocycles. The van der Waals surface area contributed by atoms with Crippen molar-refractivity contribution in [1.29, 1.82) is 0 Å². The van der Waals surface area contributed by atoms with Gasteiger partial charge in [0, 0.05) is 5.54 Å². The zero-order chi connectivity index (χ0) is 14.6. The highest BCUT2D eigenvalue weighted by molar-refractivity contribution is 7.91. The van der Waals surface area contributed by atoms with Crippen LogP contribution in [0.1, 0.15) is 54.9 Å². The fourth-order valence-electron chi connectivity index (χ4n) is 1.66. The van der Waals surface area contributed by atoms with E-state index in [1.165, 1.54) is 0 Å². The number of hydrogen-bond donors (Lipinski definition) is 1. The molecule has 0 aliphatic heterocycles. The lowest BCUT2D eigenvalue weighted by molar-refractivity contribution is 0.307. The lowest BCUT2D eigenvalue weighted by Gasteiger charge is -2.27. The highest BCUT2D eigenvalue weighted by Gasteiger charge is 2.22. The third-order valence-electron chi connectivity index (χ3n) is 3.33. The average molecular weight is 277 g/mol. The Hall–Kier alpha value is -0.0900. The molecule has 0 fully saturated rings. The molecule has 0 aliphatic rings. The molecule has 0 radical (unpaired) electrons. The van der Waals surface area contributed by atoms with Gasteiger partial charge in [-0.3, -0.25) is 0 Å². The first-order chi connectivity index (χ1) is 7.96. The molecule has 18 heavy (non-hydrogen) atoms. The van der Waals surface area contributed by atoms with Crippen molar-refractivity contribution in [2.45, 2.75) is 65.7 Å². The fraction of sp³-hybridized carbons (Fsp3) is 1.00. The molecule has 0 spiro atoms. The summed E-state index contributed by atoms with van der Waals surface area (Å²) in [7, 11) is -2.91.